The minimum absolute atomic E-state index is 0.207. The van der Waals surface area contributed by atoms with Gasteiger partial charge in [-0.2, -0.15) is 0 Å². The first-order valence-corrected chi connectivity index (χ1v) is 7.50. The molecule has 0 saturated carbocycles. The number of methoxy groups -OCH3 is 2. The smallest absolute Gasteiger partial charge is 0.161 e. The number of nitrogens with two attached hydrogens (primary N) is 1. The average molecular weight is 350 g/mol. The Morgan fingerprint density at radius 3 is 2.14 bits per heavy atom. The fourth-order valence-corrected chi connectivity index (χ4v) is 3.08. The zero-order valence-corrected chi connectivity index (χ0v) is 14.3. The molecule has 2 N–H and O–H groups in total. The van der Waals surface area contributed by atoms with Crippen molar-refractivity contribution in [3.8, 4) is 11.5 Å². The summed E-state index contributed by atoms with van der Waals surface area (Å²) in [7, 11) is 3.26. The fourth-order valence-electron chi connectivity index (χ4n) is 2.46. The lowest BCUT2D eigenvalue weighted by atomic mass is 9.94. The van der Waals surface area contributed by atoms with Crippen LogP contribution in [-0.4, -0.2) is 14.2 Å². The van der Waals surface area contributed by atoms with Gasteiger partial charge in [-0.25, -0.2) is 0 Å². The number of hydrogen-bond acceptors (Lipinski definition) is 3. The summed E-state index contributed by atoms with van der Waals surface area (Å²) in [6.45, 7) is 4.09. The largest absolute Gasteiger partial charge is 0.493 e. The molecule has 1 unspecified atom stereocenters. The van der Waals surface area contributed by atoms with Crippen molar-refractivity contribution in [1.82, 2.24) is 0 Å². The number of ether oxygens (including phenoxy) is 2. The Morgan fingerprint density at radius 1 is 0.952 bits per heavy atom. The van der Waals surface area contributed by atoms with E-state index in [0.717, 1.165) is 26.9 Å². The van der Waals surface area contributed by atoms with E-state index in [4.69, 9.17) is 15.2 Å². The van der Waals surface area contributed by atoms with E-state index in [1.165, 1.54) is 5.56 Å². The molecule has 3 nitrogen and oxygen atoms in total. The topological polar surface area (TPSA) is 44.5 Å². The van der Waals surface area contributed by atoms with Gasteiger partial charge in [-0.1, -0.05) is 22.0 Å². The minimum Gasteiger partial charge on any atom is -0.493 e. The van der Waals surface area contributed by atoms with Crippen molar-refractivity contribution in [3.05, 3.63) is 57.1 Å². The quantitative estimate of drug-likeness (QED) is 0.902. The molecule has 112 valence electrons. The van der Waals surface area contributed by atoms with Crippen LogP contribution in [-0.2, 0) is 0 Å². The van der Waals surface area contributed by atoms with Crippen LogP contribution in [0.4, 0.5) is 0 Å². The second kappa shape index (κ2) is 6.50. The van der Waals surface area contributed by atoms with Gasteiger partial charge >= 0.3 is 0 Å². The molecule has 0 fully saturated rings. The van der Waals surface area contributed by atoms with E-state index in [-0.39, 0.29) is 6.04 Å². The molecule has 0 aliphatic carbocycles. The molecule has 2 rings (SSSR count). The van der Waals surface area contributed by atoms with E-state index in [2.05, 4.69) is 35.0 Å². The van der Waals surface area contributed by atoms with E-state index >= 15 is 0 Å². The lowest BCUT2D eigenvalue weighted by molar-refractivity contribution is 0.354. The highest BCUT2D eigenvalue weighted by Crippen LogP contribution is 2.34. The van der Waals surface area contributed by atoms with Crippen molar-refractivity contribution in [2.75, 3.05) is 14.2 Å². The molecule has 2 aromatic rings. The normalized spacial score (nSPS) is 12.1. The van der Waals surface area contributed by atoms with Crippen LogP contribution < -0.4 is 15.2 Å². The van der Waals surface area contributed by atoms with Gasteiger partial charge in [0, 0.05) is 4.47 Å². The monoisotopic (exact) mass is 349 g/mol. The van der Waals surface area contributed by atoms with Gasteiger partial charge in [0.15, 0.2) is 11.5 Å². The fraction of sp³-hybridized carbons (Fsp3) is 0.294. The highest BCUT2D eigenvalue weighted by atomic mass is 79.9. The molecule has 0 amide bonds. The molecule has 0 bridgehead atoms. The van der Waals surface area contributed by atoms with Crippen molar-refractivity contribution in [3.63, 3.8) is 0 Å². The Labute approximate surface area is 134 Å². The van der Waals surface area contributed by atoms with Gasteiger partial charge in [-0.3, -0.25) is 0 Å². The summed E-state index contributed by atoms with van der Waals surface area (Å²) in [5.74, 6) is 1.41. The van der Waals surface area contributed by atoms with Crippen molar-refractivity contribution < 1.29 is 9.47 Å². The van der Waals surface area contributed by atoms with Gasteiger partial charge in [0.1, 0.15) is 0 Å². The first-order valence-electron chi connectivity index (χ1n) is 6.71. The van der Waals surface area contributed by atoms with Crippen molar-refractivity contribution in [2.24, 2.45) is 5.73 Å². The Kier molecular flexibility index (Phi) is 4.91. The molecule has 1 atom stereocenters. The Bertz CT molecular complexity index is 635. The first-order chi connectivity index (χ1) is 9.96. The number of rotatable bonds is 4. The number of halogens is 1. The Hall–Kier alpha value is -1.52. The molecule has 4 heteroatoms. The summed E-state index contributed by atoms with van der Waals surface area (Å²) in [4.78, 5) is 0. The summed E-state index contributed by atoms with van der Waals surface area (Å²) < 4.78 is 11.7. The average Bonchev–Trinajstić information content (AvgIpc) is 2.45. The maximum absolute atomic E-state index is 6.45. The molecule has 0 aromatic heterocycles. The SMILES string of the molecule is COc1cc(C)c(C(N)c2cc(C)cc(Br)c2)cc1OC. The van der Waals surface area contributed by atoms with Crippen molar-refractivity contribution in [1.29, 1.82) is 0 Å². The summed E-state index contributed by atoms with van der Waals surface area (Å²) >= 11 is 3.52. The standard InChI is InChI=1S/C17H20BrNO2/c1-10-5-12(8-13(18)6-10)17(19)14-9-16(21-4)15(20-3)7-11(14)2/h5-9,17H,19H2,1-4H3. The second-order valence-corrected chi connectivity index (χ2v) is 6.02. The molecule has 21 heavy (non-hydrogen) atoms. The third-order valence-electron chi connectivity index (χ3n) is 3.53. The van der Waals surface area contributed by atoms with Crippen LogP contribution in [0.3, 0.4) is 0 Å². The number of hydrogen-bond donors (Lipinski definition) is 1. The van der Waals surface area contributed by atoms with Crippen molar-refractivity contribution in [2.45, 2.75) is 19.9 Å². The highest BCUT2D eigenvalue weighted by Gasteiger charge is 2.16. The second-order valence-electron chi connectivity index (χ2n) is 5.10. The van der Waals surface area contributed by atoms with Crippen LogP contribution in [0.1, 0.15) is 28.3 Å². The molecular formula is C17H20BrNO2. The van der Waals surface area contributed by atoms with Gasteiger partial charge in [0.25, 0.3) is 0 Å². The van der Waals surface area contributed by atoms with E-state index in [9.17, 15) is 0 Å². The van der Waals surface area contributed by atoms with Crippen LogP contribution in [0.15, 0.2) is 34.8 Å². The maximum atomic E-state index is 6.45. The van der Waals surface area contributed by atoms with Gasteiger partial charge in [-0.15, -0.1) is 0 Å². The lowest BCUT2D eigenvalue weighted by Crippen LogP contribution is -2.14. The Morgan fingerprint density at radius 2 is 1.57 bits per heavy atom. The molecule has 0 saturated heterocycles. The molecular weight excluding hydrogens is 330 g/mol. The van der Waals surface area contributed by atoms with Crippen molar-refractivity contribution >= 4 is 15.9 Å². The van der Waals surface area contributed by atoms with Gasteiger partial charge in [0.05, 0.1) is 20.3 Å². The van der Waals surface area contributed by atoms with E-state index in [1.807, 2.05) is 25.1 Å². The van der Waals surface area contributed by atoms with Crippen LogP contribution in [0.25, 0.3) is 0 Å². The summed E-state index contributed by atoms with van der Waals surface area (Å²) in [5.41, 5.74) is 10.8. The zero-order chi connectivity index (χ0) is 15.6. The maximum Gasteiger partial charge on any atom is 0.161 e. The van der Waals surface area contributed by atoms with E-state index < -0.39 is 0 Å². The summed E-state index contributed by atoms with van der Waals surface area (Å²) in [5, 5.41) is 0. The molecule has 0 radical (unpaired) electrons. The first kappa shape index (κ1) is 15.9. The number of benzene rings is 2. The van der Waals surface area contributed by atoms with Gasteiger partial charge < -0.3 is 15.2 Å². The molecule has 0 heterocycles. The van der Waals surface area contributed by atoms with Crippen LogP contribution in [0, 0.1) is 13.8 Å². The summed E-state index contributed by atoms with van der Waals surface area (Å²) in [6.07, 6.45) is 0. The third kappa shape index (κ3) is 3.39. The summed E-state index contributed by atoms with van der Waals surface area (Å²) in [6, 6.07) is 9.92. The molecule has 0 spiro atoms. The third-order valence-corrected chi connectivity index (χ3v) is 3.99. The van der Waals surface area contributed by atoms with Gasteiger partial charge in [0.2, 0.25) is 0 Å². The molecule has 0 aliphatic heterocycles. The Balaban J connectivity index is 2.49. The lowest BCUT2D eigenvalue weighted by Gasteiger charge is -2.19. The predicted octanol–water partition coefficient (Wildman–Crippen LogP) is 4.13. The molecule has 0 aliphatic rings. The van der Waals surface area contributed by atoms with Crippen LogP contribution in [0.2, 0.25) is 0 Å². The predicted molar refractivity (Wildman–Crippen MR) is 89.2 cm³/mol. The van der Waals surface area contributed by atoms with E-state index in [0.29, 0.717) is 5.75 Å². The zero-order valence-electron chi connectivity index (χ0n) is 12.7. The van der Waals surface area contributed by atoms with Crippen LogP contribution in [0.5, 0.6) is 11.5 Å². The minimum atomic E-state index is -0.207. The van der Waals surface area contributed by atoms with Crippen LogP contribution >= 0.6 is 15.9 Å². The number of aryl methyl sites for hydroxylation is 2. The highest BCUT2D eigenvalue weighted by molar-refractivity contribution is 9.10. The molecule has 2 aromatic carbocycles. The van der Waals surface area contributed by atoms with Gasteiger partial charge in [-0.05, 0) is 60.4 Å². The van der Waals surface area contributed by atoms with E-state index in [1.54, 1.807) is 14.2 Å².